The van der Waals surface area contributed by atoms with Crippen molar-refractivity contribution in [2.75, 3.05) is 26.2 Å². The smallest absolute Gasteiger partial charge is 0.488 e. The second-order valence-electron chi connectivity index (χ2n) is 14.5. The Kier molecular flexibility index (Phi) is 14.2. The molecule has 0 bridgehead atoms. The van der Waals surface area contributed by atoms with E-state index in [1.54, 1.807) is 48.5 Å². The molecule has 14 nitrogen and oxygen atoms in total. The monoisotopic (exact) mass is 820 g/mol. The Morgan fingerprint density at radius 3 is 1.61 bits per heavy atom. The van der Waals surface area contributed by atoms with Gasteiger partial charge in [-0.15, -0.1) is 0 Å². The number of hydrogen-bond donors (Lipinski definition) is 8. The van der Waals surface area contributed by atoms with Crippen molar-refractivity contribution >= 4 is 46.8 Å². The van der Waals surface area contributed by atoms with Gasteiger partial charge in [0.15, 0.2) is 23.1 Å². The molecule has 306 valence electrons. The van der Waals surface area contributed by atoms with Crippen LogP contribution in [0.15, 0.2) is 108 Å². The van der Waals surface area contributed by atoms with E-state index in [0.29, 0.717) is 37.2 Å². The largest absolute Gasteiger partial charge is 0.504 e. The van der Waals surface area contributed by atoms with Gasteiger partial charge in [-0.25, -0.2) is 13.1 Å². The highest BCUT2D eigenvalue weighted by atomic mass is 32.2. The van der Waals surface area contributed by atoms with Crippen LogP contribution in [0, 0.1) is 0 Å². The molecule has 0 spiro atoms. The molecule has 17 heteroatoms. The van der Waals surface area contributed by atoms with Crippen LogP contribution in [0.3, 0.4) is 0 Å². The van der Waals surface area contributed by atoms with Crippen molar-refractivity contribution in [2.45, 2.75) is 43.9 Å². The maximum atomic E-state index is 13.6. The second-order valence-corrected chi connectivity index (χ2v) is 16.2. The average molecular weight is 821 g/mol. The fourth-order valence-corrected chi connectivity index (χ4v) is 8.48. The zero-order valence-electron chi connectivity index (χ0n) is 32.2. The number of nitrogens with zero attached hydrogens (tertiary/aromatic N) is 2. The van der Waals surface area contributed by atoms with E-state index in [1.165, 1.54) is 12.1 Å². The first kappa shape index (κ1) is 43.4. The van der Waals surface area contributed by atoms with E-state index in [0.717, 1.165) is 42.1 Å². The van der Waals surface area contributed by atoms with Crippen LogP contribution in [0.2, 0.25) is 0 Å². The summed E-state index contributed by atoms with van der Waals surface area (Å²) in [5, 5.41) is 61.7. The first-order valence-corrected chi connectivity index (χ1v) is 20.6. The highest BCUT2D eigenvalue weighted by Crippen LogP contribution is 2.42. The maximum absolute atomic E-state index is 13.6. The van der Waals surface area contributed by atoms with Crippen molar-refractivity contribution in [1.29, 1.82) is 0 Å². The lowest BCUT2D eigenvalue weighted by atomic mass is 9.77. The predicted octanol–water partition coefficient (Wildman–Crippen LogP) is 0.955. The maximum Gasteiger partial charge on any atom is 0.488 e. The van der Waals surface area contributed by atoms with Crippen LogP contribution in [0.25, 0.3) is 0 Å². The van der Waals surface area contributed by atoms with Gasteiger partial charge in [-0.1, -0.05) is 97.1 Å². The molecule has 59 heavy (non-hydrogen) atoms. The number of rotatable bonds is 19. The number of benzene rings is 5. The molecule has 6 rings (SSSR count). The van der Waals surface area contributed by atoms with Gasteiger partial charge in [0.05, 0.1) is 5.56 Å². The van der Waals surface area contributed by atoms with Crippen LogP contribution in [-0.4, -0.2) is 101 Å². The van der Waals surface area contributed by atoms with Crippen molar-refractivity contribution in [3.8, 4) is 11.5 Å². The summed E-state index contributed by atoms with van der Waals surface area (Å²) in [6, 6.07) is 28.7. The Bertz CT molecular complexity index is 2420. The zero-order valence-corrected chi connectivity index (χ0v) is 33.1. The van der Waals surface area contributed by atoms with Gasteiger partial charge in [0, 0.05) is 56.0 Å². The molecule has 0 saturated heterocycles. The molecule has 0 radical (unpaired) electrons. The molecule has 1 aliphatic carbocycles. The predicted molar refractivity (Wildman–Crippen MR) is 224 cm³/mol. The molecule has 9 N–H and O–H groups in total. The molecular formula is C42H46B2N4O10S. The summed E-state index contributed by atoms with van der Waals surface area (Å²) in [7, 11) is -7.89. The van der Waals surface area contributed by atoms with Gasteiger partial charge in [0.2, 0.25) is 10.0 Å². The number of carbonyl (C=O) groups is 2. The van der Waals surface area contributed by atoms with Crippen LogP contribution in [0.5, 0.6) is 11.5 Å². The van der Waals surface area contributed by atoms with Gasteiger partial charge in [-0.05, 0) is 65.2 Å². The molecule has 0 fully saturated rings. The van der Waals surface area contributed by atoms with E-state index in [1.807, 2.05) is 41.3 Å². The van der Waals surface area contributed by atoms with E-state index in [9.17, 15) is 48.3 Å². The summed E-state index contributed by atoms with van der Waals surface area (Å²) in [5.74, 6) is -3.46. The number of phenols is 2. The summed E-state index contributed by atoms with van der Waals surface area (Å²) in [5.41, 5.74) is 9.04. The number of phenolic OH excluding ortho intramolecular Hbond substituents is 2. The van der Waals surface area contributed by atoms with Crippen molar-refractivity contribution in [3.05, 3.63) is 148 Å². The Morgan fingerprint density at radius 1 is 0.593 bits per heavy atom. The summed E-state index contributed by atoms with van der Waals surface area (Å²) in [6.07, 6.45) is 1.70. The molecule has 0 saturated carbocycles. The molecule has 0 amide bonds. The minimum atomic E-state index is -4.55. The second kappa shape index (κ2) is 19.2. The average Bonchev–Trinajstić information content (AvgIpc) is 3.21. The summed E-state index contributed by atoms with van der Waals surface area (Å²) < 4.78 is 29.7. The number of sulfonamides is 1. The van der Waals surface area contributed by atoms with Gasteiger partial charge in [-0.2, -0.15) is 0 Å². The van der Waals surface area contributed by atoms with Crippen LogP contribution in [0.4, 0.5) is 0 Å². The Labute approximate surface area is 343 Å². The number of nitrogens with one attached hydrogen (secondary N) is 1. The van der Waals surface area contributed by atoms with E-state index < -0.39 is 57.8 Å². The third-order valence-electron chi connectivity index (χ3n) is 10.4. The zero-order chi connectivity index (χ0) is 42.3. The first-order chi connectivity index (χ1) is 28.3. The minimum absolute atomic E-state index is 0.0284. The van der Waals surface area contributed by atoms with Crippen LogP contribution >= 0.6 is 0 Å². The summed E-state index contributed by atoms with van der Waals surface area (Å²) in [6.45, 7) is 2.79. The van der Waals surface area contributed by atoms with Crippen molar-refractivity contribution in [1.82, 2.24) is 14.5 Å². The fraction of sp³-hybridized carbons (Fsp3) is 0.238. The van der Waals surface area contributed by atoms with E-state index in [2.05, 4.69) is 9.62 Å². The third-order valence-corrected chi connectivity index (χ3v) is 11.8. The molecule has 5 aromatic carbocycles. The molecule has 0 unspecified atom stereocenters. The number of ketones is 2. The normalized spacial score (nSPS) is 12.5. The van der Waals surface area contributed by atoms with Crippen LogP contribution in [0.1, 0.15) is 66.9 Å². The van der Waals surface area contributed by atoms with E-state index in [4.69, 9.17) is 5.73 Å². The van der Waals surface area contributed by atoms with Gasteiger partial charge in [0.1, 0.15) is 4.90 Å². The molecule has 1 aliphatic rings. The van der Waals surface area contributed by atoms with Crippen LogP contribution < -0.4 is 21.4 Å². The Hall–Kier alpha value is -5.20. The topological polar surface area (TPSA) is 234 Å². The van der Waals surface area contributed by atoms with Gasteiger partial charge in [-0.3, -0.25) is 19.4 Å². The Morgan fingerprint density at radius 2 is 1.08 bits per heavy atom. The lowest BCUT2D eigenvalue weighted by Crippen LogP contribution is -2.38. The van der Waals surface area contributed by atoms with Crippen molar-refractivity contribution < 1.29 is 48.3 Å². The quantitative estimate of drug-likeness (QED) is 0.0324. The fourth-order valence-electron chi connectivity index (χ4n) is 7.34. The van der Waals surface area contributed by atoms with Crippen molar-refractivity contribution in [2.24, 2.45) is 5.73 Å². The molecule has 0 atom stereocenters. The van der Waals surface area contributed by atoms with Gasteiger partial charge >= 0.3 is 14.2 Å². The molecule has 5 aromatic rings. The highest BCUT2D eigenvalue weighted by Gasteiger charge is 2.36. The van der Waals surface area contributed by atoms with E-state index in [-0.39, 0.29) is 41.8 Å². The number of hydrogen-bond acceptors (Lipinski definition) is 13. The standard InChI is InChI=1S/C42H46B2N4O10S/c45-19-7-8-21-47(26-30-9-1-5-13-35(30)43(53)54)24-28-15-17-29(18-16-28)25-48(27-31-10-2-6-14-36(31)44(55)56)22-20-46-59(57,58)37-23-34-38(42(52)41(37)51)40(50)33-12-4-3-11-32(33)39(34)49/h1-6,9-18,23,46,51-56H,7-8,19-22,24-27,45H2. The third kappa shape index (κ3) is 10.2. The number of aromatic hydroxyl groups is 2. The lowest BCUT2D eigenvalue weighted by molar-refractivity contribution is 0.0975. The summed E-state index contributed by atoms with van der Waals surface area (Å²) >= 11 is 0. The minimum Gasteiger partial charge on any atom is -0.504 e. The molecular weight excluding hydrogens is 774 g/mol. The number of carbonyl (C=O) groups excluding carboxylic acids is 2. The van der Waals surface area contributed by atoms with Crippen LogP contribution in [-0.2, 0) is 36.2 Å². The summed E-state index contributed by atoms with van der Waals surface area (Å²) in [4.78, 5) is 29.9. The lowest BCUT2D eigenvalue weighted by Gasteiger charge is -2.25. The number of fused-ring (bicyclic) bond motifs is 2. The van der Waals surface area contributed by atoms with Crippen molar-refractivity contribution in [3.63, 3.8) is 0 Å². The molecule has 0 aliphatic heterocycles. The first-order valence-electron chi connectivity index (χ1n) is 19.2. The van der Waals surface area contributed by atoms with E-state index >= 15 is 0 Å². The molecule has 0 aromatic heterocycles. The SMILES string of the molecule is NCCCCN(Cc1ccc(CN(CCNS(=O)(=O)c2cc3c(c(O)c2O)C(=O)c2ccccc2C3=O)Cc2ccccc2B(O)O)cc1)Cc1ccccc1B(O)O. The number of unbranched alkanes of at least 4 members (excludes halogenated alkanes) is 1. The van der Waals surface area contributed by atoms with Gasteiger partial charge in [0.25, 0.3) is 0 Å². The Balaban J connectivity index is 1.20. The number of nitrogens with two attached hydrogens (primary N) is 1. The van der Waals surface area contributed by atoms with Gasteiger partial charge < -0.3 is 36.0 Å². The molecule has 0 heterocycles. The highest BCUT2D eigenvalue weighted by molar-refractivity contribution is 7.89.